The number of alkyl halides is 6. The fourth-order valence-corrected chi connectivity index (χ4v) is 7.54. The molecule has 24 heteroatoms. The van der Waals surface area contributed by atoms with E-state index in [1.54, 1.807) is 0 Å². The van der Waals surface area contributed by atoms with Crippen LogP contribution < -0.4 is 10.1 Å². The minimum atomic E-state index is -5.03. The Hall–Kier alpha value is -5.40. The lowest BCUT2D eigenvalue weighted by Crippen LogP contribution is -2.69. The van der Waals surface area contributed by atoms with Crippen molar-refractivity contribution in [3.63, 3.8) is 0 Å². The number of ether oxygens (including phenoxy) is 1. The normalized spacial score (nSPS) is 18.8. The number of rotatable bonds is 16. The fourth-order valence-electron chi connectivity index (χ4n) is 7.54. The van der Waals surface area contributed by atoms with Gasteiger partial charge in [-0.05, 0) is 49.6 Å². The average molecular weight is 921 g/mol. The number of aromatic nitrogens is 2. The van der Waals surface area contributed by atoms with Crippen molar-refractivity contribution in [3.8, 4) is 17.0 Å². The van der Waals surface area contributed by atoms with Gasteiger partial charge >= 0.3 is 12.4 Å². The summed E-state index contributed by atoms with van der Waals surface area (Å²) in [6, 6.07) is 4.12. The van der Waals surface area contributed by atoms with Crippen molar-refractivity contribution in [2.45, 2.75) is 87.4 Å². The number of aliphatic hydroxyl groups is 5. The predicted molar refractivity (Wildman–Crippen MR) is 204 cm³/mol. The Morgan fingerprint density at radius 3 is 2.22 bits per heavy atom. The van der Waals surface area contributed by atoms with Gasteiger partial charge in [0.2, 0.25) is 17.6 Å². The van der Waals surface area contributed by atoms with Crippen LogP contribution in [0.4, 0.5) is 40.8 Å². The van der Waals surface area contributed by atoms with Crippen molar-refractivity contribution >= 4 is 29.2 Å². The number of anilines is 1. The van der Waals surface area contributed by atoms with Crippen LogP contribution in [0.5, 0.6) is 5.75 Å². The number of nitrogens with one attached hydrogen (secondary N) is 1. The molecule has 350 valence electrons. The molecular formula is C40H44F8N6O10. The highest BCUT2D eigenvalue weighted by atomic mass is 19.4. The van der Waals surface area contributed by atoms with E-state index in [2.05, 4.69) is 15.3 Å². The van der Waals surface area contributed by atoms with Gasteiger partial charge in [-0.2, -0.15) is 30.7 Å². The SMILES string of the molecule is CN(C[C@H](O)[C@@H](O)[C@H](O)[C@H](O)CO)C(=O)CCCOc1ccc(CN2C(=O)C(C(=O)Nc3ccc(C(F)(F)F)cc3-c3cc(C(F)(F)F)ncn3)C(=O)C3(CCCC3)N2C)c(F)c1F. The van der Waals surface area contributed by atoms with Crippen molar-refractivity contribution in [1.82, 2.24) is 24.9 Å². The van der Waals surface area contributed by atoms with Gasteiger partial charge in [0.25, 0.3) is 5.91 Å². The van der Waals surface area contributed by atoms with Crippen molar-refractivity contribution in [2.75, 3.05) is 39.2 Å². The Morgan fingerprint density at radius 1 is 0.938 bits per heavy atom. The van der Waals surface area contributed by atoms with Crippen molar-refractivity contribution in [2.24, 2.45) is 5.92 Å². The van der Waals surface area contributed by atoms with Gasteiger partial charge in [0.05, 0.1) is 42.2 Å². The van der Waals surface area contributed by atoms with Crippen LogP contribution in [0.3, 0.4) is 0 Å². The monoisotopic (exact) mass is 920 g/mol. The second-order valence-corrected chi connectivity index (χ2v) is 15.4. The summed E-state index contributed by atoms with van der Waals surface area (Å²) in [6.07, 6.45) is -16.0. The number of benzene rings is 2. The molecule has 6 N–H and O–H groups in total. The number of nitrogens with zero attached hydrogens (tertiary/aromatic N) is 5. The van der Waals surface area contributed by atoms with Crippen LogP contribution in [0.1, 0.15) is 55.3 Å². The summed E-state index contributed by atoms with van der Waals surface area (Å²) in [5.74, 6) is -9.84. The lowest BCUT2D eigenvalue weighted by atomic mass is 9.80. The Labute approximate surface area is 359 Å². The molecule has 64 heavy (non-hydrogen) atoms. The molecule has 1 aromatic heterocycles. The highest BCUT2D eigenvalue weighted by Crippen LogP contribution is 2.43. The van der Waals surface area contributed by atoms with Crippen LogP contribution in [0.2, 0.25) is 0 Å². The van der Waals surface area contributed by atoms with E-state index in [9.17, 15) is 65.9 Å². The van der Waals surface area contributed by atoms with Gasteiger partial charge in [-0.3, -0.25) is 24.2 Å². The molecule has 1 spiro atoms. The van der Waals surface area contributed by atoms with E-state index in [1.165, 1.54) is 19.1 Å². The standard InChI is InChI=1S/C40H44F8N6O10/c1-52(17-25(56)33(59)34(60)26(57)18-55)29(58)6-5-13-64-27-10-7-20(31(41)32(27)42)16-54-37(63)30(35(61)38(53(54)2)11-3-4-12-38)36(62)51-23-9-8-21(39(43,44)45)14-22(23)24-15-28(40(46,47)48)50-19-49-24/h7-10,14-15,19,25-26,30,33-34,55-57,59-60H,3-6,11-13,16-18H2,1-2H3,(H,51,62)/t25-,26+,30?,33+,34+/m0/s1. The molecule has 2 fully saturated rings. The molecule has 1 aliphatic carbocycles. The van der Waals surface area contributed by atoms with Crippen LogP contribution in [0, 0.1) is 17.6 Å². The Balaban J connectivity index is 1.32. The molecule has 1 saturated heterocycles. The van der Waals surface area contributed by atoms with Gasteiger partial charge in [-0.15, -0.1) is 0 Å². The number of hydrazine groups is 1. The van der Waals surface area contributed by atoms with E-state index in [0.717, 1.165) is 28.1 Å². The van der Waals surface area contributed by atoms with E-state index in [4.69, 9.17) is 9.84 Å². The number of halogens is 8. The number of Topliss-reactive ketones (excluding diaryl/α,β-unsaturated/α-hetero) is 1. The van der Waals surface area contributed by atoms with E-state index in [1.807, 2.05) is 0 Å². The first kappa shape index (κ1) is 49.6. The first-order valence-corrected chi connectivity index (χ1v) is 19.6. The smallest absolute Gasteiger partial charge is 0.433 e. The zero-order valence-corrected chi connectivity index (χ0v) is 34.0. The lowest BCUT2D eigenvalue weighted by molar-refractivity contribution is -0.186. The fraction of sp³-hybridized carbons (Fsp3) is 0.500. The third-order valence-electron chi connectivity index (χ3n) is 11.2. The molecule has 2 aromatic carbocycles. The van der Waals surface area contributed by atoms with Gasteiger partial charge < -0.3 is 40.5 Å². The van der Waals surface area contributed by atoms with Crippen molar-refractivity contribution < 1.29 is 84.6 Å². The molecule has 1 unspecified atom stereocenters. The second-order valence-electron chi connectivity index (χ2n) is 15.4. The van der Waals surface area contributed by atoms with Crippen LogP contribution in [-0.4, -0.2) is 138 Å². The largest absolute Gasteiger partial charge is 0.490 e. The molecule has 16 nitrogen and oxygen atoms in total. The number of ketones is 1. The van der Waals surface area contributed by atoms with Gasteiger partial charge in [0.15, 0.2) is 23.3 Å². The number of hydrogen-bond donors (Lipinski definition) is 6. The molecule has 1 aliphatic heterocycles. The summed E-state index contributed by atoms with van der Waals surface area (Å²) in [4.78, 5) is 62.5. The molecule has 5 atom stereocenters. The number of hydrogen-bond acceptors (Lipinski definition) is 13. The highest BCUT2D eigenvalue weighted by Gasteiger charge is 2.58. The summed E-state index contributed by atoms with van der Waals surface area (Å²) in [6.45, 7) is -2.43. The Kier molecular flexibility index (Phi) is 15.3. The molecule has 1 saturated carbocycles. The van der Waals surface area contributed by atoms with Gasteiger partial charge in [0.1, 0.15) is 36.4 Å². The maximum absolute atomic E-state index is 15.7. The van der Waals surface area contributed by atoms with Crippen LogP contribution in [0.25, 0.3) is 11.3 Å². The number of amides is 3. The zero-order valence-electron chi connectivity index (χ0n) is 34.0. The van der Waals surface area contributed by atoms with Gasteiger partial charge in [-0.1, -0.05) is 18.9 Å². The summed E-state index contributed by atoms with van der Waals surface area (Å²) >= 11 is 0. The molecule has 5 rings (SSSR count). The van der Waals surface area contributed by atoms with Crippen LogP contribution in [0.15, 0.2) is 42.7 Å². The third-order valence-corrected chi connectivity index (χ3v) is 11.2. The molecule has 3 amide bonds. The zero-order chi connectivity index (χ0) is 47.5. The Morgan fingerprint density at radius 2 is 1.59 bits per heavy atom. The molecule has 0 radical (unpaired) electrons. The first-order chi connectivity index (χ1) is 29.9. The molecular weight excluding hydrogens is 876 g/mol. The lowest BCUT2D eigenvalue weighted by Gasteiger charge is -2.49. The van der Waals surface area contributed by atoms with Crippen molar-refractivity contribution in [3.05, 3.63) is 71.2 Å². The molecule has 2 heterocycles. The summed E-state index contributed by atoms with van der Waals surface area (Å²) < 4.78 is 118. The number of aliphatic hydroxyl groups excluding tert-OH is 5. The second kappa shape index (κ2) is 19.8. The summed E-state index contributed by atoms with van der Waals surface area (Å²) in [7, 11) is 2.61. The van der Waals surface area contributed by atoms with Crippen molar-refractivity contribution in [1.29, 1.82) is 0 Å². The maximum atomic E-state index is 15.7. The first-order valence-electron chi connectivity index (χ1n) is 19.6. The minimum absolute atomic E-state index is 0.0508. The number of likely N-dealkylation sites (N-methyl/N-ethyl adjacent to an activating group) is 2. The summed E-state index contributed by atoms with van der Waals surface area (Å²) in [5.41, 5.74) is -6.67. The molecule has 2 aliphatic rings. The van der Waals surface area contributed by atoms with Gasteiger partial charge in [-0.25, -0.2) is 19.4 Å². The van der Waals surface area contributed by atoms with Gasteiger partial charge in [0, 0.05) is 38.2 Å². The predicted octanol–water partition coefficient (Wildman–Crippen LogP) is 2.84. The van der Waals surface area contributed by atoms with E-state index in [0.29, 0.717) is 37.4 Å². The quantitative estimate of drug-likeness (QED) is 0.0692. The maximum Gasteiger partial charge on any atom is 0.433 e. The average Bonchev–Trinajstić information content (AvgIpc) is 3.75. The highest BCUT2D eigenvalue weighted by molar-refractivity contribution is 6.25. The number of carbonyl (C=O) groups excluding carboxylic acids is 4. The number of carbonyl (C=O) groups is 4. The molecule has 0 bridgehead atoms. The summed E-state index contributed by atoms with van der Waals surface area (Å²) in [5, 5.41) is 52.6. The Bertz CT molecular complexity index is 2210. The van der Waals surface area contributed by atoms with E-state index in [-0.39, 0.29) is 32.3 Å². The van der Waals surface area contributed by atoms with E-state index < -0.39 is 143 Å². The van der Waals surface area contributed by atoms with E-state index >= 15 is 8.78 Å². The van der Waals surface area contributed by atoms with Crippen LogP contribution >= 0.6 is 0 Å². The molecule has 3 aromatic rings. The van der Waals surface area contributed by atoms with Crippen LogP contribution in [-0.2, 0) is 38.1 Å². The minimum Gasteiger partial charge on any atom is -0.490 e. The topological polar surface area (TPSA) is 226 Å². The third kappa shape index (κ3) is 10.6.